The van der Waals surface area contributed by atoms with Crippen molar-refractivity contribution in [3.05, 3.63) is 11.1 Å². The van der Waals surface area contributed by atoms with Crippen molar-refractivity contribution in [1.29, 1.82) is 0 Å². The maximum absolute atomic E-state index is 12.1. The lowest BCUT2D eigenvalue weighted by molar-refractivity contribution is -0.124. The molecule has 1 aromatic heterocycles. The van der Waals surface area contributed by atoms with Crippen LogP contribution in [0.2, 0.25) is 0 Å². The minimum Gasteiger partial charge on any atom is -0.368 e. The molecule has 2 heterocycles. The van der Waals surface area contributed by atoms with Crippen LogP contribution in [0.3, 0.4) is 0 Å². The van der Waals surface area contributed by atoms with Gasteiger partial charge >= 0.3 is 0 Å². The summed E-state index contributed by atoms with van der Waals surface area (Å²) in [6, 6.07) is 0. The molecule has 5 nitrogen and oxygen atoms in total. The molecular formula is C17H27N3O2S. The average molecular weight is 337 g/mol. The molecule has 3 rings (SSSR count). The van der Waals surface area contributed by atoms with Gasteiger partial charge in [-0.05, 0) is 50.6 Å². The Kier molecular flexibility index (Phi) is 6.02. The molecule has 2 unspecified atom stereocenters. The topological polar surface area (TPSA) is 63.2 Å². The minimum absolute atomic E-state index is 0.0889. The second-order valence-electron chi connectivity index (χ2n) is 6.75. The van der Waals surface area contributed by atoms with Gasteiger partial charge in [0.05, 0.1) is 6.10 Å². The van der Waals surface area contributed by atoms with Crippen LogP contribution in [0.4, 0.5) is 5.13 Å². The molecule has 23 heavy (non-hydrogen) atoms. The Morgan fingerprint density at radius 1 is 1.35 bits per heavy atom. The van der Waals surface area contributed by atoms with Crippen molar-refractivity contribution in [3.63, 3.8) is 0 Å². The van der Waals surface area contributed by atoms with E-state index >= 15 is 0 Å². The number of carbonyl (C=O) groups is 1. The van der Waals surface area contributed by atoms with Gasteiger partial charge in [-0.25, -0.2) is 4.98 Å². The maximum Gasteiger partial charge on any atom is 0.252 e. The number of nitrogens with zero attached hydrogens (tertiary/aromatic N) is 1. The molecule has 2 N–H and O–H groups in total. The van der Waals surface area contributed by atoms with Crippen LogP contribution in [0, 0.1) is 5.92 Å². The van der Waals surface area contributed by atoms with Crippen LogP contribution in [0.1, 0.15) is 56.2 Å². The highest BCUT2D eigenvalue weighted by Crippen LogP contribution is 2.31. The van der Waals surface area contributed by atoms with E-state index in [-0.39, 0.29) is 18.6 Å². The molecular weight excluding hydrogens is 310 g/mol. The van der Waals surface area contributed by atoms with E-state index in [1.807, 2.05) is 6.20 Å². The highest BCUT2D eigenvalue weighted by Gasteiger charge is 2.23. The first-order valence-corrected chi connectivity index (χ1v) is 9.62. The lowest BCUT2D eigenvalue weighted by Gasteiger charge is -2.28. The van der Waals surface area contributed by atoms with Crippen molar-refractivity contribution < 1.29 is 9.53 Å². The molecule has 6 heteroatoms. The normalized spacial score (nSPS) is 26.1. The quantitative estimate of drug-likeness (QED) is 0.866. The van der Waals surface area contributed by atoms with Gasteiger partial charge in [0.15, 0.2) is 5.13 Å². The number of hydrogen-bond donors (Lipinski definition) is 2. The molecule has 2 atom stereocenters. The number of rotatable bonds is 5. The second kappa shape index (κ2) is 8.22. The maximum atomic E-state index is 12.1. The summed E-state index contributed by atoms with van der Waals surface area (Å²) in [7, 11) is 0. The third-order valence-electron chi connectivity index (χ3n) is 4.97. The van der Waals surface area contributed by atoms with E-state index in [0.29, 0.717) is 17.0 Å². The standard InChI is InChI=1S/C17H27N3O2S/c1-12-4-2-3-5-14(12)22-11-16(21)20-17-19-10-15(23-17)13-6-8-18-9-7-13/h10,12-14,18H,2-9,11H2,1H3,(H,19,20,21). The van der Waals surface area contributed by atoms with Gasteiger partial charge in [0.1, 0.15) is 6.61 Å². The summed E-state index contributed by atoms with van der Waals surface area (Å²) in [5, 5.41) is 6.95. The molecule has 128 valence electrons. The minimum atomic E-state index is -0.0889. The molecule has 1 aromatic rings. The van der Waals surface area contributed by atoms with Gasteiger partial charge in [0.2, 0.25) is 0 Å². The van der Waals surface area contributed by atoms with E-state index < -0.39 is 0 Å². The molecule has 0 radical (unpaired) electrons. The van der Waals surface area contributed by atoms with Gasteiger partial charge in [0.25, 0.3) is 5.91 Å². The first-order chi connectivity index (χ1) is 11.2. The summed E-state index contributed by atoms with van der Waals surface area (Å²) in [5.74, 6) is 1.05. The molecule has 0 spiro atoms. The van der Waals surface area contributed by atoms with E-state index in [2.05, 4.69) is 22.5 Å². The number of thiazole rings is 1. The molecule has 1 aliphatic heterocycles. The smallest absolute Gasteiger partial charge is 0.252 e. The monoisotopic (exact) mass is 337 g/mol. The Hall–Kier alpha value is -0.980. The fraction of sp³-hybridized carbons (Fsp3) is 0.765. The number of nitrogens with one attached hydrogen (secondary N) is 2. The predicted molar refractivity (Wildman–Crippen MR) is 93.0 cm³/mol. The summed E-state index contributed by atoms with van der Waals surface area (Å²) < 4.78 is 5.81. The Balaban J connectivity index is 1.45. The van der Waals surface area contributed by atoms with E-state index in [0.717, 1.165) is 32.4 Å². The van der Waals surface area contributed by atoms with Gasteiger partial charge < -0.3 is 10.1 Å². The van der Waals surface area contributed by atoms with Crippen molar-refractivity contribution in [3.8, 4) is 0 Å². The molecule has 2 aliphatic rings. The Morgan fingerprint density at radius 3 is 2.91 bits per heavy atom. The SMILES string of the molecule is CC1CCCCC1OCC(=O)Nc1ncc(C2CCNCC2)s1. The van der Waals surface area contributed by atoms with Crippen molar-refractivity contribution in [2.75, 3.05) is 25.0 Å². The van der Waals surface area contributed by atoms with E-state index in [1.54, 1.807) is 11.3 Å². The number of amides is 1. The fourth-order valence-corrected chi connectivity index (χ4v) is 4.51. The predicted octanol–water partition coefficient (Wildman–Crippen LogP) is 3.14. The summed E-state index contributed by atoms with van der Waals surface area (Å²) in [5.41, 5.74) is 0. The highest BCUT2D eigenvalue weighted by atomic mass is 32.1. The summed E-state index contributed by atoms with van der Waals surface area (Å²) in [6.07, 6.45) is 9.23. The highest BCUT2D eigenvalue weighted by molar-refractivity contribution is 7.15. The van der Waals surface area contributed by atoms with E-state index in [4.69, 9.17) is 4.74 Å². The zero-order valence-electron chi connectivity index (χ0n) is 13.8. The van der Waals surface area contributed by atoms with Crippen molar-refractivity contribution in [1.82, 2.24) is 10.3 Å². The zero-order valence-corrected chi connectivity index (χ0v) is 14.7. The zero-order chi connectivity index (χ0) is 16.1. The summed E-state index contributed by atoms with van der Waals surface area (Å²) in [4.78, 5) is 17.7. The molecule has 0 bridgehead atoms. The summed E-state index contributed by atoms with van der Waals surface area (Å²) >= 11 is 1.60. The largest absolute Gasteiger partial charge is 0.368 e. The van der Waals surface area contributed by atoms with Gasteiger partial charge in [0, 0.05) is 11.1 Å². The lowest BCUT2D eigenvalue weighted by Crippen LogP contribution is -2.29. The first-order valence-electron chi connectivity index (χ1n) is 8.80. The van der Waals surface area contributed by atoms with Crippen LogP contribution in [-0.2, 0) is 9.53 Å². The van der Waals surface area contributed by atoms with Gasteiger partial charge in [-0.2, -0.15) is 0 Å². The average Bonchev–Trinajstić information content (AvgIpc) is 3.03. The Labute approximate surface area is 142 Å². The van der Waals surface area contributed by atoms with Gasteiger partial charge in [-0.15, -0.1) is 11.3 Å². The number of anilines is 1. The third kappa shape index (κ3) is 4.75. The molecule has 1 amide bonds. The van der Waals surface area contributed by atoms with Gasteiger partial charge in [-0.1, -0.05) is 19.8 Å². The Bertz CT molecular complexity index is 514. The molecule has 0 aromatic carbocycles. The van der Waals surface area contributed by atoms with Crippen LogP contribution in [0.25, 0.3) is 0 Å². The second-order valence-corrected chi connectivity index (χ2v) is 7.81. The van der Waals surface area contributed by atoms with Crippen molar-refractivity contribution >= 4 is 22.4 Å². The third-order valence-corrected chi connectivity index (χ3v) is 6.05. The van der Waals surface area contributed by atoms with Crippen LogP contribution in [0.5, 0.6) is 0 Å². The van der Waals surface area contributed by atoms with E-state index in [1.165, 1.54) is 24.1 Å². The number of hydrogen-bond acceptors (Lipinski definition) is 5. The first kappa shape index (κ1) is 16.9. The van der Waals surface area contributed by atoms with Gasteiger partial charge in [-0.3, -0.25) is 10.1 Å². The van der Waals surface area contributed by atoms with Crippen LogP contribution < -0.4 is 10.6 Å². The molecule has 1 saturated heterocycles. The van der Waals surface area contributed by atoms with Crippen LogP contribution in [0.15, 0.2) is 6.20 Å². The summed E-state index contributed by atoms with van der Waals surface area (Å²) in [6.45, 7) is 4.49. The molecule has 1 aliphatic carbocycles. The van der Waals surface area contributed by atoms with Crippen LogP contribution >= 0.6 is 11.3 Å². The number of carbonyl (C=O) groups excluding carboxylic acids is 1. The Morgan fingerprint density at radius 2 is 2.13 bits per heavy atom. The number of ether oxygens (including phenoxy) is 1. The number of aromatic nitrogens is 1. The molecule has 1 saturated carbocycles. The van der Waals surface area contributed by atoms with Crippen molar-refractivity contribution in [2.24, 2.45) is 5.92 Å². The molecule has 2 fully saturated rings. The van der Waals surface area contributed by atoms with E-state index in [9.17, 15) is 4.79 Å². The fourth-order valence-electron chi connectivity index (χ4n) is 3.51. The lowest BCUT2D eigenvalue weighted by atomic mass is 9.88. The van der Waals surface area contributed by atoms with Crippen molar-refractivity contribution in [2.45, 2.75) is 57.5 Å². The van der Waals surface area contributed by atoms with Crippen LogP contribution in [-0.4, -0.2) is 36.7 Å². The number of piperidine rings is 1.